The third kappa shape index (κ3) is 1.73. The topological polar surface area (TPSA) is 32.3 Å². The summed E-state index contributed by atoms with van der Waals surface area (Å²) in [4.78, 5) is 0. The summed E-state index contributed by atoms with van der Waals surface area (Å²) < 4.78 is 0. The van der Waals surface area contributed by atoms with E-state index in [0.717, 1.165) is 25.9 Å². The van der Waals surface area contributed by atoms with Gasteiger partial charge in [-0.15, -0.1) is 12.3 Å². The molecule has 0 aromatic heterocycles. The van der Waals surface area contributed by atoms with Crippen LogP contribution < -0.4 is 5.32 Å². The Labute approximate surface area is 61.6 Å². The lowest BCUT2D eigenvalue weighted by Crippen LogP contribution is -2.17. The molecule has 1 heterocycles. The Morgan fingerprint density at radius 2 is 2.40 bits per heavy atom. The van der Waals surface area contributed by atoms with E-state index in [4.69, 9.17) is 6.42 Å². The molecular weight excluding hydrogens is 126 g/mol. The van der Waals surface area contributed by atoms with Gasteiger partial charge in [0.05, 0.1) is 6.10 Å². The van der Waals surface area contributed by atoms with E-state index in [1.54, 1.807) is 0 Å². The highest BCUT2D eigenvalue weighted by atomic mass is 16.3. The molecule has 0 radical (unpaired) electrons. The molecule has 2 nitrogen and oxygen atoms in total. The molecule has 0 spiro atoms. The number of β-amino-alcohol motifs (C(OH)–C–C–N with tert-alkyl or cyclic N) is 1. The van der Waals surface area contributed by atoms with Crippen molar-refractivity contribution in [1.29, 1.82) is 0 Å². The monoisotopic (exact) mass is 139 g/mol. The highest BCUT2D eigenvalue weighted by Crippen LogP contribution is 2.14. The van der Waals surface area contributed by atoms with E-state index in [1.165, 1.54) is 0 Å². The Balaban J connectivity index is 2.21. The van der Waals surface area contributed by atoms with E-state index in [2.05, 4.69) is 11.2 Å². The Morgan fingerprint density at radius 3 is 2.90 bits per heavy atom. The van der Waals surface area contributed by atoms with E-state index in [-0.39, 0.29) is 6.10 Å². The van der Waals surface area contributed by atoms with Crippen molar-refractivity contribution in [3.63, 3.8) is 0 Å². The van der Waals surface area contributed by atoms with Crippen LogP contribution in [-0.2, 0) is 0 Å². The second kappa shape index (κ2) is 3.60. The van der Waals surface area contributed by atoms with Gasteiger partial charge in [-0.2, -0.15) is 0 Å². The van der Waals surface area contributed by atoms with Crippen LogP contribution in [0.15, 0.2) is 0 Å². The standard InChI is InChI=1S/C8H13NO/c1-2-3-4-7-5-9-6-8(7)10/h1,7-10H,3-6H2/t7-,8-/m1/s1. The SMILES string of the molecule is C#CCC[C@@H]1CNC[C@H]1O. The summed E-state index contributed by atoms with van der Waals surface area (Å²) in [7, 11) is 0. The normalized spacial score (nSPS) is 32.0. The van der Waals surface area contributed by atoms with Crippen molar-refractivity contribution >= 4 is 0 Å². The van der Waals surface area contributed by atoms with Crippen LogP contribution in [0.5, 0.6) is 0 Å². The van der Waals surface area contributed by atoms with Crippen LogP contribution in [0.25, 0.3) is 0 Å². The first-order valence-electron chi connectivity index (χ1n) is 3.67. The van der Waals surface area contributed by atoms with E-state index in [0.29, 0.717) is 5.92 Å². The van der Waals surface area contributed by atoms with E-state index >= 15 is 0 Å². The Morgan fingerprint density at radius 1 is 1.60 bits per heavy atom. The smallest absolute Gasteiger partial charge is 0.0705 e. The highest BCUT2D eigenvalue weighted by molar-refractivity contribution is 4.88. The van der Waals surface area contributed by atoms with Crippen LogP contribution in [0.2, 0.25) is 0 Å². The number of rotatable bonds is 2. The molecule has 0 amide bonds. The lowest BCUT2D eigenvalue weighted by atomic mass is 10.0. The molecule has 0 unspecified atom stereocenters. The van der Waals surface area contributed by atoms with Gasteiger partial charge in [0.15, 0.2) is 0 Å². The molecule has 0 saturated carbocycles. The van der Waals surface area contributed by atoms with Crippen molar-refractivity contribution in [2.45, 2.75) is 18.9 Å². The number of aliphatic hydroxyl groups is 1. The van der Waals surface area contributed by atoms with Crippen LogP contribution in [0.1, 0.15) is 12.8 Å². The van der Waals surface area contributed by atoms with Gasteiger partial charge in [-0.05, 0) is 12.3 Å². The molecule has 1 rings (SSSR count). The molecule has 0 aliphatic carbocycles. The number of terminal acetylenes is 1. The van der Waals surface area contributed by atoms with Gasteiger partial charge in [0.2, 0.25) is 0 Å². The lowest BCUT2D eigenvalue weighted by molar-refractivity contribution is 0.144. The zero-order valence-corrected chi connectivity index (χ0v) is 6.01. The Bertz CT molecular complexity index is 139. The van der Waals surface area contributed by atoms with E-state index in [9.17, 15) is 5.11 Å². The number of aliphatic hydroxyl groups excluding tert-OH is 1. The summed E-state index contributed by atoms with van der Waals surface area (Å²) in [6.45, 7) is 1.65. The zero-order chi connectivity index (χ0) is 7.40. The van der Waals surface area contributed by atoms with Gasteiger partial charge in [0.25, 0.3) is 0 Å². The van der Waals surface area contributed by atoms with Crippen molar-refractivity contribution in [3.05, 3.63) is 0 Å². The summed E-state index contributed by atoms with van der Waals surface area (Å²) in [5, 5.41) is 12.4. The fraction of sp³-hybridized carbons (Fsp3) is 0.750. The third-order valence-electron chi connectivity index (χ3n) is 1.96. The van der Waals surface area contributed by atoms with Crippen LogP contribution in [-0.4, -0.2) is 24.3 Å². The molecule has 0 bridgehead atoms. The second-order valence-electron chi connectivity index (χ2n) is 2.73. The summed E-state index contributed by atoms with van der Waals surface area (Å²) in [5.74, 6) is 2.96. The molecule has 0 aromatic rings. The first kappa shape index (κ1) is 7.59. The average molecular weight is 139 g/mol. The molecule has 1 aliphatic rings. The van der Waals surface area contributed by atoms with Gasteiger partial charge in [0.1, 0.15) is 0 Å². The first-order chi connectivity index (χ1) is 4.84. The van der Waals surface area contributed by atoms with Crippen molar-refractivity contribution in [1.82, 2.24) is 5.32 Å². The first-order valence-corrected chi connectivity index (χ1v) is 3.67. The summed E-state index contributed by atoms with van der Waals surface area (Å²) >= 11 is 0. The van der Waals surface area contributed by atoms with E-state index < -0.39 is 0 Å². The highest BCUT2D eigenvalue weighted by Gasteiger charge is 2.23. The second-order valence-corrected chi connectivity index (χ2v) is 2.73. The maximum absolute atomic E-state index is 9.28. The molecule has 2 heteroatoms. The van der Waals surface area contributed by atoms with Crippen LogP contribution in [0, 0.1) is 18.3 Å². The van der Waals surface area contributed by atoms with Gasteiger partial charge < -0.3 is 10.4 Å². The molecule has 56 valence electrons. The fourth-order valence-electron chi connectivity index (χ4n) is 1.28. The quantitative estimate of drug-likeness (QED) is 0.527. The predicted octanol–water partition coefficient (Wildman–Crippen LogP) is -0.0199. The molecule has 2 atom stereocenters. The zero-order valence-electron chi connectivity index (χ0n) is 6.01. The molecule has 1 saturated heterocycles. The lowest BCUT2D eigenvalue weighted by Gasteiger charge is -2.09. The maximum atomic E-state index is 9.28. The van der Waals surface area contributed by atoms with Gasteiger partial charge in [-0.25, -0.2) is 0 Å². The van der Waals surface area contributed by atoms with Crippen LogP contribution in [0.4, 0.5) is 0 Å². The van der Waals surface area contributed by atoms with Crippen molar-refractivity contribution in [2.24, 2.45) is 5.92 Å². The van der Waals surface area contributed by atoms with Crippen LogP contribution >= 0.6 is 0 Å². The molecule has 2 N–H and O–H groups in total. The van der Waals surface area contributed by atoms with Crippen LogP contribution in [0.3, 0.4) is 0 Å². The predicted molar refractivity (Wildman–Crippen MR) is 40.4 cm³/mol. The Hall–Kier alpha value is -0.520. The summed E-state index contributed by atoms with van der Waals surface area (Å²) in [5.41, 5.74) is 0. The maximum Gasteiger partial charge on any atom is 0.0705 e. The minimum Gasteiger partial charge on any atom is -0.391 e. The van der Waals surface area contributed by atoms with Gasteiger partial charge in [-0.3, -0.25) is 0 Å². The minimum atomic E-state index is -0.173. The summed E-state index contributed by atoms with van der Waals surface area (Å²) in [6, 6.07) is 0. The number of nitrogens with one attached hydrogen (secondary N) is 1. The van der Waals surface area contributed by atoms with Gasteiger partial charge >= 0.3 is 0 Å². The summed E-state index contributed by atoms with van der Waals surface area (Å²) in [6.07, 6.45) is 6.66. The fourth-order valence-corrected chi connectivity index (χ4v) is 1.28. The largest absolute Gasteiger partial charge is 0.391 e. The number of hydrogen-bond donors (Lipinski definition) is 2. The van der Waals surface area contributed by atoms with Crippen molar-refractivity contribution < 1.29 is 5.11 Å². The Kier molecular flexibility index (Phi) is 2.73. The van der Waals surface area contributed by atoms with Crippen molar-refractivity contribution in [3.8, 4) is 12.3 Å². The average Bonchev–Trinajstić information content (AvgIpc) is 2.31. The molecule has 0 aromatic carbocycles. The molecule has 1 aliphatic heterocycles. The van der Waals surface area contributed by atoms with Gasteiger partial charge in [-0.1, -0.05) is 0 Å². The molecule has 1 fully saturated rings. The third-order valence-corrected chi connectivity index (χ3v) is 1.96. The van der Waals surface area contributed by atoms with E-state index in [1.807, 2.05) is 0 Å². The number of hydrogen-bond acceptors (Lipinski definition) is 2. The molecule has 10 heavy (non-hydrogen) atoms. The van der Waals surface area contributed by atoms with Gasteiger partial charge in [0, 0.05) is 19.5 Å². The minimum absolute atomic E-state index is 0.173. The van der Waals surface area contributed by atoms with Crippen molar-refractivity contribution in [2.75, 3.05) is 13.1 Å². The molecular formula is C8H13NO.